The highest BCUT2D eigenvalue weighted by Crippen LogP contribution is 2.31. The number of nitrogens with one attached hydrogen (secondary N) is 1. The first kappa shape index (κ1) is 25.7. The number of methoxy groups -OCH3 is 1. The number of sulfonamides is 1. The fraction of sp³-hybridized carbons (Fsp3) is 0.333. The van der Waals surface area contributed by atoms with Crippen molar-refractivity contribution in [1.82, 2.24) is 9.46 Å². The smallest absolute Gasteiger partial charge is 0.248 e. The van der Waals surface area contributed by atoms with E-state index >= 15 is 0 Å². The van der Waals surface area contributed by atoms with Crippen molar-refractivity contribution in [1.29, 1.82) is 0 Å². The van der Waals surface area contributed by atoms with Gasteiger partial charge in [0.25, 0.3) is 0 Å². The molecule has 1 aliphatic heterocycles. The van der Waals surface area contributed by atoms with Gasteiger partial charge in [0.2, 0.25) is 15.9 Å². The molecule has 1 fully saturated rings. The number of piperidine rings is 1. The Morgan fingerprint density at radius 2 is 1.83 bits per heavy atom. The molecule has 4 rings (SSSR count). The minimum absolute atomic E-state index is 0.0345. The third kappa shape index (κ3) is 5.52. The molecule has 2 heterocycles. The van der Waals surface area contributed by atoms with E-state index in [0.29, 0.717) is 30.8 Å². The van der Waals surface area contributed by atoms with Crippen LogP contribution >= 0.6 is 0 Å². The predicted molar refractivity (Wildman–Crippen MR) is 139 cm³/mol. The van der Waals surface area contributed by atoms with E-state index in [9.17, 15) is 13.2 Å². The Morgan fingerprint density at radius 3 is 2.56 bits per heavy atom. The molecule has 0 aliphatic carbocycles. The Kier molecular flexibility index (Phi) is 7.61. The molecule has 8 nitrogen and oxygen atoms in total. The number of carbonyl (C=O) groups excluding carboxylic acids is 1. The maximum atomic E-state index is 13.7. The Hall–Kier alpha value is -3.43. The zero-order valence-electron chi connectivity index (χ0n) is 20.9. The van der Waals surface area contributed by atoms with Crippen molar-refractivity contribution in [2.24, 2.45) is 5.92 Å². The van der Waals surface area contributed by atoms with Gasteiger partial charge in [-0.3, -0.25) is 4.79 Å². The number of aromatic nitrogens is 1. The molecule has 1 aliphatic rings. The van der Waals surface area contributed by atoms with Crippen molar-refractivity contribution in [3.63, 3.8) is 0 Å². The lowest BCUT2D eigenvalue weighted by molar-refractivity contribution is -0.120. The lowest BCUT2D eigenvalue weighted by Crippen LogP contribution is -2.44. The Bertz CT molecular complexity index is 1380. The summed E-state index contributed by atoms with van der Waals surface area (Å²) in [5, 5.41) is 6.83. The second-order valence-electron chi connectivity index (χ2n) is 9.10. The fourth-order valence-electron chi connectivity index (χ4n) is 4.31. The second kappa shape index (κ2) is 10.7. The highest BCUT2D eigenvalue weighted by Gasteiger charge is 2.37. The van der Waals surface area contributed by atoms with Gasteiger partial charge in [-0.2, -0.15) is 4.31 Å². The number of aryl methyl sites for hydroxylation is 3. The van der Waals surface area contributed by atoms with E-state index in [1.165, 1.54) is 4.31 Å². The molecule has 190 valence electrons. The van der Waals surface area contributed by atoms with Crippen LogP contribution in [0.2, 0.25) is 0 Å². The normalized spacial score (nSPS) is 16.8. The highest BCUT2D eigenvalue weighted by atomic mass is 32.2. The summed E-state index contributed by atoms with van der Waals surface area (Å²) < 4.78 is 39.4. The van der Waals surface area contributed by atoms with E-state index in [1.807, 2.05) is 50.2 Å². The van der Waals surface area contributed by atoms with Crippen LogP contribution in [0.5, 0.6) is 5.75 Å². The van der Waals surface area contributed by atoms with E-state index in [0.717, 1.165) is 16.7 Å². The Morgan fingerprint density at radius 1 is 1.11 bits per heavy atom. The lowest BCUT2D eigenvalue weighted by atomic mass is 9.98. The van der Waals surface area contributed by atoms with Crippen LogP contribution in [0.1, 0.15) is 41.0 Å². The van der Waals surface area contributed by atoms with Crippen LogP contribution in [0.25, 0.3) is 12.2 Å². The molecule has 0 spiro atoms. The van der Waals surface area contributed by atoms with Crippen LogP contribution in [0.15, 0.2) is 51.9 Å². The van der Waals surface area contributed by atoms with Crippen molar-refractivity contribution in [3.05, 3.63) is 70.6 Å². The number of ether oxygens (including phenoxy) is 1. The lowest BCUT2D eigenvalue weighted by Gasteiger charge is -2.31. The quantitative estimate of drug-likeness (QED) is 0.490. The molecule has 1 N–H and O–H groups in total. The SMILES string of the molecule is COc1ccc(C)cc1NC(=O)C1CCCN(S(=O)(=O)c2c(C)noc2/C=C/c2ccc(C)cc2)C1. The molecule has 1 atom stereocenters. The topological polar surface area (TPSA) is 102 Å². The molecular weight excluding hydrogens is 478 g/mol. The van der Waals surface area contributed by atoms with Crippen molar-refractivity contribution >= 4 is 33.8 Å². The average Bonchev–Trinajstić information content (AvgIpc) is 3.25. The Balaban J connectivity index is 1.54. The number of nitrogens with zero attached hydrogens (tertiary/aromatic N) is 2. The summed E-state index contributed by atoms with van der Waals surface area (Å²) in [7, 11) is -2.39. The first-order valence-corrected chi connectivity index (χ1v) is 13.3. The molecule has 2 aromatic carbocycles. The monoisotopic (exact) mass is 509 g/mol. The number of amides is 1. The van der Waals surface area contributed by atoms with Gasteiger partial charge in [0.05, 0.1) is 18.7 Å². The van der Waals surface area contributed by atoms with E-state index in [1.54, 1.807) is 32.3 Å². The number of hydrogen-bond donors (Lipinski definition) is 1. The van der Waals surface area contributed by atoms with E-state index in [2.05, 4.69) is 10.5 Å². The van der Waals surface area contributed by atoms with Crippen LogP contribution in [0, 0.1) is 26.7 Å². The van der Waals surface area contributed by atoms with Gasteiger partial charge in [-0.05, 0) is 62.9 Å². The maximum Gasteiger partial charge on any atom is 0.248 e. The van der Waals surface area contributed by atoms with Gasteiger partial charge in [-0.1, -0.05) is 47.1 Å². The van der Waals surface area contributed by atoms with Gasteiger partial charge in [-0.25, -0.2) is 8.42 Å². The van der Waals surface area contributed by atoms with Crippen LogP contribution < -0.4 is 10.1 Å². The first-order chi connectivity index (χ1) is 17.2. The van der Waals surface area contributed by atoms with Crippen molar-refractivity contribution in [2.75, 3.05) is 25.5 Å². The molecule has 1 saturated heterocycles. The Labute approximate surface area is 212 Å². The van der Waals surface area contributed by atoms with Gasteiger partial charge in [0.15, 0.2) is 10.7 Å². The summed E-state index contributed by atoms with van der Waals surface area (Å²) >= 11 is 0. The minimum Gasteiger partial charge on any atom is -0.495 e. The molecule has 1 aromatic heterocycles. The molecular formula is C27H31N3O5S. The van der Waals surface area contributed by atoms with Gasteiger partial charge in [0.1, 0.15) is 11.4 Å². The summed E-state index contributed by atoms with van der Waals surface area (Å²) in [6, 6.07) is 13.4. The number of hydrogen-bond acceptors (Lipinski definition) is 6. The van der Waals surface area contributed by atoms with Gasteiger partial charge in [-0.15, -0.1) is 0 Å². The highest BCUT2D eigenvalue weighted by molar-refractivity contribution is 7.89. The third-order valence-corrected chi connectivity index (χ3v) is 8.33. The zero-order chi connectivity index (χ0) is 25.9. The number of benzene rings is 2. The van der Waals surface area contributed by atoms with E-state index < -0.39 is 15.9 Å². The molecule has 0 saturated carbocycles. The minimum atomic E-state index is -3.93. The van der Waals surface area contributed by atoms with Gasteiger partial charge >= 0.3 is 0 Å². The van der Waals surface area contributed by atoms with E-state index in [4.69, 9.17) is 9.26 Å². The van der Waals surface area contributed by atoms with Crippen molar-refractivity contribution in [2.45, 2.75) is 38.5 Å². The third-order valence-electron chi connectivity index (χ3n) is 6.30. The van der Waals surface area contributed by atoms with Crippen LogP contribution in [0.3, 0.4) is 0 Å². The molecule has 36 heavy (non-hydrogen) atoms. The molecule has 1 amide bonds. The first-order valence-electron chi connectivity index (χ1n) is 11.9. The number of rotatable bonds is 7. The number of carbonyl (C=O) groups is 1. The summed E-state index contributed by atoms with van der Waals surface area (Å²) in [5.41, 5.74) is 3.89. The second-order valence-corrected chi connectivity index (χ2v) is 11.0. The van der Waals surface area contributed by atoms with Gasteiger partial charge < -0.3 is 14.6 Å². The summed E-state index contributed by atoms with van der Waals surface area (Å²) in [5.74, 6) is -0.00530. The van der Waals surface area contributed by atoms with Gasteiger partial charge in [0, 0.05) is 13.1 Å². The molecule has 1 unspecified atom stereocenters. The summed E-state index contributed by atoms with van der Waals surface area (Å²) in [4.78, 5) is 13.1. The predicted octanol–water partition coefficient (Wildman–Crippen LogP) is 4.82. The van der Waals surface area contributed by atoms with E-state index in [-0.39, 0.29) is 28.8 Å². The largest absolute Gasteiger partial charge is 0.495 e. The molecule has 0 bridgehead atoms. The maximum absolute atomic E-state index is 13.7. The summed E-state index contributed by atoms with van der Waals surface area (Å²) in [6.45, 7) is 5.94. The number of anilines is 1. The summed E-state index contributed by atoms with van der Waals surface area (Å²) in [6.07, 6.45) is 4.58. The van der Waals surface area contributed by atoms with Crippen LogP contribution in [-0.4, -0.2) is 44.0 Å². The fourth-order valence-corrected chi connectivity index (χ4v) is 6.08. The van der Waals surface area contributed by atoms with Crippen LogP contribution in [-0.2, 0) is 14.8 Å². The molecule has 3 aromatic rings. The van der Waals surface area contributed by atoms with Crippen molar-refractivity contribution in [3.8, 4) is 5.75 Å². The van der Waals surface area contributed by atoms with Crippen LogP contribution in [0.4, 0.5) is 5.69 Å². The molecule has 0 radical (unpaired) electrons. The molecule has 9 heteroatoms. The average molecular weight is 510 g/mol. The standard InChI is InChI=1S/C27H31N3O5S/c1-18-7-10-21(11-8-18)12-14-25-26(20(3)29-35-25)36(32,33)30-15-5-6-22(17-30)27(31)28-23-16-19(2)9-13-24(23)34-4/h7-14,16,22H,5-6,15,17H2,1-4H3,(H,28,31)/b14-12+. The zero-order valence-corrected chi connectivity index (χ0v) is 21.8. The van der Waals surface area contributed by atoms with Crippen molar-refractivity contribution < 1.29 is 22.5 Å².